The first-order valence-electron chi connectivity index (χ1n) is 7.95. The van der Waals surface area contributed by atoms with Crippen LogP contribution in [-0.2, 0) is 23.9 Å². The molecule has 0 saturated heterocycles. The average Bonchev–Trinajstić information content (AvgIpc) is 2.43. The Morgan fingerprint density at radius 3 is 2.33 bits per heavy atom. The minimum Gasteiger partial charge on any atom is -0.466 e. The fourth-order valence-electron chi connectivity index (χ4n) is 2.94. The number of nitrogens with zero attached hydrogens (tertiary/aromatic N) is 2. The van der Waals surface area contributed by atoms with Gasteiger partial charge < -0.3 is 19.6 Å². The Labute approximate surface area is 141 Å². The number of hydrazone groups is 1. The minimum absolute atomic E-state index is 0.112. The summed E-state index contributed by atoms with van der Waals surface area (Å²) in [4.78, 5) is 37.0. The Bertz CT molecular complexity index is 515. The third kappa shape index (κ3) is 4.53. The fourth-order valence-corrected chi connectivity index (χ4v) is 2.94. The van der Waals surface area contributed by atoms with Crippen molar-refractivity contribution in [2.24, 2.45) is 22.9 Å². The number of hydrogen-bond acceptors (Lipinski definition) is 8. The lowest BCUT2D eigenvalue weighted by molar-refractivity contribution is -0.173. The van der Waals surface area contributed by atoms with Crippen LogP contribution < -0.4 is 0 Å². The lowest BCUT2D eigenvalue weighted by atomic mass is 9.64. The zero-order chi connectivity index (χ0) is 18.5. The molecule has 0 aromatic carbocycles. The molecule has 1 aliphatic carbocycles. The molecule has 136 valence electrons. The number of ketones is 1. The first-order chi connectivity index (χ1) is 11.2. The van der Waals surface area contributed by atoms with Crippen LogP contribution in [0.2, 0.25) is 0 Å². The molecule has 0 amide bonds. The van der Waals surface area contributed by atoms with Gasteiger partial charge in [-0.05, 0) is 20.8 Å². The molecule has 8 heteroatoms. The van der Waals surface area contributed by atoms with E-state index >= 15 is 0 Å². The van der Waals surface area contributed by atoms with Crippen LogP contribution in [0.4, 0.5) is 0 Å². The summed E-state index contributed by atoms with van der Waals surface area (Å²) in [5, 5.41) is 16.2. The van der Waals surface area contributed by atoms with Crippen molar-refractivity contribution in [1.82, 2.24) is 5.01 Å². The van der Waals surface area contributed by atoms with Gasteiger partial charge in [-0.15, -0.1) is 0 Å². The lowest BCUT2D eigenvalue weighted by Gasteiger charge is -2.41. The molecular formula is C16H26N2O6. The van der Waals surface area contributed by atoms with Crippen molar-refractivity contribution in [3.8, 4) is 0 Å². The maximum Gasteiger partial charge on any atom is 0.317 e. The SMILES string of the molecule is CCOC(=O)C1C(=O)CC(C)(O)C(C(=O)OCC)C1/C=N/N(C)C. The third-order valence-electron chi connectivity index (χ3n) is 3.87. The van der Waals surface area contributed by atoms with Gasteiger partial charge in [-0.2, -0.15) is 5.10 Å². The molecule has 0 heterocycles. The quantitative estimate of drug-likeness (QED) is 0.319. The van der Waals surface area contributed by atoms with Gasteiger partial charge in [0.25, 0.3) is 0 Å². The second-order valence-corrected chi connectivity index (χ2v) is 6.15. The van der Waals surface area contributed by atoms with Crippen LogP contribution >= 0.6 is 0 Å². The van der Waals surface area contributed by atoms with E-state index in [0.717, 1.165) is 0 Å². The van der Waals surface area contributed by atoms with Crippen molar-refractivity contribution in [2.45, 2.75) is 32.8 Å². The zero-order valence-electron chi connectivity index (χ0n) is 14.8. The van der Waals surface area contributed by atoms with Gasteiger partial charge in [0, 0.05) is 32.6 Å². The Hall–Kier alpha value is -1.96. The molecule has 0 spiro atoms. The number of Topliss-reactive ketones (excluding diaryl/α,β-unsaturated/α-hetero) is 1. The first-order valence-corrected chi connectivity index (χ1v) is 7.95. The van der Waals surface area contributed by atoms with Crippen LogP contribution in [0, 0.1) is 17.8 Å². The molecule has 0 radical (unpaired) electrons. The molecular weight excluding hydrogens is 316 g/mol. The number of carbonyl (C=O) groups is 3. The van der Waals surface area contributed by atoms with Gasteiger partial charge in [-0.1, -0.05) is 0 Å². The summed E-state index contributed by atoms with van der Waals surface area (Å²) in [6.07, 6.45) is 1.01. The predicted octanol–water partition coefficient (Wildman–Crippen LogP) is 0.232. The highest BCUT2D eigenvalue weighted by Crippen LogP contribution is 2.40. The Morgan fingerprint density at radius 2 is 1.83 bits per heavy atom. The van der Waals surface area contributed by atoms with Crippen LogP contribution in [0.1, 0.15) is 27.2 Å². The predicted molar refractivity (Wildman–Crippen MR) is 86.2 cm³/mol. The second-order valence-electron chi connectivity index (χ2n) is 6.15. The van der Waals surface area contributed by atoms with E-state index in [1.807, 2.05) is 0 Å². The monoisotopic (exact) mass is 342 g/mol. The van der Waals surface area contributed by atoms with Gasteiger partial charge in [0.1, 0.15) is 5.92 Å². The molecule has 0 aromatic rings. The number of ether oxygens (including phenoxy) is 2. The highest BCUT2D eigenvalue weighted by Gasteiger charge is 2.56. The lowest BCUT2D eigenvalue weighted by Crippen LogP contribution is -2.57. The molecule has 4 unspecified atom stereocenters. The van der Waals surface area contributed by atoms with Crippen molar-refractivity contribution in [3.63, 3.8) is 0 Å². The van der Waals surface area contributed by atoms with E-state index < -0.39 is 41.1 Å². The molecule has 1 rings (SSSR count). The van der Waals surface area contributed by atoms with Gasteiger partial charge in [0.05, 0.1) is 24.7 Å². The summed E-state index contributed by atoms with van der Waals surface area (Å²) >= 11 is 0. The van der Waals surface area contributed by atoms with E-state index in [1.165, 1.54) is 18.1 Å². The zero-order valence-corrected chi connectivity index (χ0v) is 14.8. The van der Waals surface area contributed by atoms with Crippen molar-refractivity contribution in [1.29, 1.82) is 0 Å². The number of esters is 2. The maximum atomic E-state index is 12.4. The van der Waals surface area contributed by atoms with Crippen LogP contribution in [0.15, 0.2) is 5.10 Å². The van der Waals surface area contributed by atoms with Gasteiger partial charge in [0.2, 0.25) is 0 Å². The molecule has 1 fully saturated rings. The van der Waals surface area contributed by atoms with Crippen LogP contribution in [0.3, 0.4) is 0 Å². The smallest absolute Gasteiger partial charge is 0.317 e. The van der Waals surface area contributed by atoms with Crippen molar-refractivity contribution in [2.75, 3.05) is 27.3 Å². The van der Waals surface area contributed by atoms with Crippen LogP contribution in [-0.4, -0.2) is 67.0 Å². The molecule has 8 nitrogen and oxygen atoms in total. The first kappa shape index (κ1) is 20.1. The largest absolute Gasteiger partial charge is 0.466 e. The van der Waals surface area contributed by atoms with Gasteiger partial charge in [0.15, 0.2) is 5.78 Å². The maximum absolute atomic E-state index is 12.4. The summed E-state index contributed by atoms with van der Waals surface area (Å²) in [5.41, 5.74) is -1.63. The van der Waals surface area contributed by atoms with Crippen LogP contribution in [0.5, 0.6) is 0 Å². The summed E-state index contributed by atoms with van der Waals surface area (Å²) in [6, 6.07) is 0. The Morgan fingerprint density at radius 1 is 1.29 bits per heavy atom. The third-order valence-corrected chi connectivity index (χ3v) is 3.87. The molecule has 1 saturated carbocycles. The van der Waals surface area contributed by atoms with E-state index in [9.17, 15) is 19.5 Å². The van der Waals surface area contributed by atoms with E-state index in [1.54, 1.807) is 27.9 Å². The topological polar surface area (TPSA) is 106 Å². The van der Waals surface area contributed by atoms with Crippen molar-refractivity contribution < 1.29 is 29.0 Å². The molecule has 4 atom stereocenters. The fraction of sp³-hybridized carbons (Fsp3) is 0.750. The van der Waals surface area contributed by atoms with Crippen molar-refractivity contribution >= 4 is 23.9 Å². The summed E-state index contributed by atoms with van der Waals surface area (Å²) in [5.74, 6) is -5.09. The summed E-state index contributed by atoms with van der Waals surface area (Å²) < 4.78 is 10.0. The van der Waals surface area contributed by atoms with Crippen LogP contribution in [0.25, 0.3) is 0 Å². The molecule has 0 aliphatic heterocycles. The van der Waals surface area contributed by atoms with E-state index in [-0.39, 0.29) is 19.6 Å². The summed E-state index contributed by atoms with van der Waals surface area (Å²) in [6.45, 7) is 4.91. The summed E-state index contributed by atoms with van der Waals surface area (Å²) in [7, 11) is 3.33. The van der Waals surface area contributed by atoms with E-state index in [2.05, 4.69) is 5.10 Å². The highest BCUT2D eigenvalue weighted by molar-refractivity contribution is 6.04. The number of carbonyl (C=O) groups excluding carboxylic acids is 3. The standard InChI is InChI=1S/C16H26N2O6/c1-6-23-14(20)12-10(9-17-18(4)5)13(15(21)24-7-2)16(3,22)8-11(12)19/h9-10,12-13,22H,6-8H2,1-5H3/b17-9+. The molecule has 1 N–H and O–H groups in total. The molecule has 0 aromatic heterocycles. The molecule has 1 aliphatic rings. The minimum atomic E-state index is -1.63. The Kier molecular flexibility index (Phi) is 6.89. The van der Waals surface area contributed by atoms with E-state index in [0.29, 0.717) is 0 Å². The molecule has 0 bridgehead atoms. The van der Waals surface area contributed by atoms with Gasteiger partial charge in [-0.25, -0.2) is 0 Å². The number of hydrogen-bond donors (Lipinski definition) is 1. The molecule has 24 heavy (non-hydrogen) atoms. The Balaban J connectivity index is 3.34. The van der Waals surface area contributed by atoms with Gasteiger partial charge >= 0.3 is 11.9 Å². The van der Waals surface area contributed by atoms with Gasteiger partial charge in [-0.3, -0.25) is 14.4 Å². The second kappa shape index (κ2) is 8.23. The number of aliphatic hydroxyl groups is 1. The van der Waals surface area contributed by atoms with E-state index in [4.69, 9.17) is 9.47 Å². The normalized spacial score (nSPS) is 30.2. The highest BCUT2D eigenvalue weighted by atomic mass is 16.5. The number of rotatable bonds is 6. The average molecular weight is 342 g/mol. The van der Waals surface area contributed by atoms with Crippen molar-refractivity contribution in [3.05, 3.63) is 0 Å².